The van der Waals surface area contributed by atoms with Crippen LogP contribution in [-0.2, 0) is 16.6 Å². The summed E-state index contributed by atoms with van der Waals surface area (Å²) < 4.78 is 0. The van der Waals surface area contributed by atoms with Gasteiger partial charge in [-0.2, -0.15) is 0 Å². The van der Waals surface area contributed by atoms with Gasteiger partial charge in [-0.3, -0.25) is 9.59 Å². The molecule has 37 heavy (non-hydrogen) atoms. The second kappa shape index (κ2) is 10.6. The molecule has 1 saturated carbocycles. The van der Waals surface area contributed by atoms with E-state index in [1.165, 1.54) is 70.1 Å². The molecular formula is C33H40N2O2. The summed E-state index contributed by atoms with van der Waals surface area (Å²) in [6.45, 7) is 4.58. The summed E-state index contributed by atoms with van der Waals surface area (Å²) in [5.74, 6) is 1.88. The number of amides is 1. The largest absolute Gasteiger partial charge is 0.312 e. The van der Waals surface area contributed by atoms with Crippen molar-refractivity contribution in [2.45, 2.75) is 69.6 Å². The molecule has 1 aliphatic carbocycles. The zero-order valence-corrected chi connectivity index (χ0v) is 22.0. The summed E-state index contributed by atoms with van der Waals surface area (Å²) in [5.41, 5.74) is 5.95. The Kier molecular flexibility index (Phi) is 7.03. The third-order valence-electron chi connectivity index (χ3n) is 9.84. The van der Waals surface area contributed by atoms with Crippen LogP contribution in [0.1, 0.15) is 84.8 Å². The highest BCUT2D eigenvalue weighted by Gasteiger charge is 2.48. The number of rotatable bonds is 7. The number of piperidine rings is 3. The molecule has 3 saturated heterocycles. The molecule has 0 radical (unpaired) electrons. The summed E-state index contributed by atoms with van der Waals surface area (Å²) in [5, 5.41) is 0. The van der Waals surface area contributed by atoms with E-state index in [0.717, 1.165) is 42.2 Å². The van der Waals surface area contributed by atoms with Crippen molar-refractivity contribution in [3.05, 3.63) is 70.8 Å². The maximum atomic E-state index is 12.7. The summed E-state index contributed by atoms with van der Waals surface area (Å²) in [7, 11) is 0. The Hall–Kier alpha value is -2.72. The number of hydrogen-bond donors (Lipinski definition) is 0. The Morgan fingerprint density at radius 2 is 1.78 bits per heavy atom. The van der Waals surface area contributed by atoms with Gasteiger partial charge in [0.25, 0.3) is 0 Å². The van der Waals surface area contributed by atoms with Crippen molar-refractivity contribution in [1.82, 2.24) is 4.90 Å². The third-order valence-corrected chi connectivity index (χ3v) is 9.84. The number of aryl methyl sites for hydroxylation is 1. The molecule has 5 aliphatic rings. The molecule has 4 fully saturated rings. The normalized spacial score (nSPS) is 26.9. The van der Waals surface area contributed by atoms with Crippen molar-refractivity contribution >= 4 is 24.0 Å². The SMILES string of the molecule is O=Cc1ccc2c(c1)CCC(=O)N2CCC=Cc1cccc(C2([C@@H]3CN4CCC3CC4)CCCCC2)c1. The minimum atomic E-state index is 0.179. The second-order valence-corrected chi connectivity index (χ2v) is 11.8. The van der Waals surface area contributed by atoms with Crippen molar-refractivity contribution in [2.75, 3.05) is 31.1 Å². The summed E-state index contributed by atoms with van der Waals surface area (Å²) >= 11 is 0. The second-order valence-electron chi connectivity index (χ2n) is 11.8. The third kappa shape index (κ3) is 4.81. The van der Waals surface area contributed by atoms with Crippen molar-refractivity contribution in [2.24, 2.45) is 11.8 Å². The smallest absolute Gasteiger partial charge is 0.227 e. The summed E-state index contributed by atoms with van der Waals surface area (Å²) in [6, 6.07) is 15.1. The first-order valence-electron chi connectivity index (χ1n) is 14.5. The van der Waals surface area contributed by atoms with E-state index in [1.807, 2.05) is 23.1 Å². The van der Waals surface area contributed by atoms with Gasteiger partial charge in [-0.1, -0.05) is 55.7 Å². The highest BCUT2D eigenvalue weighted by molar-refractivity contribution is 5.97. The first kappa shape index (κ1) is 24.6. The molecule has 1 atom stereocenters. The minimum absolute atomic E-state index is 0.179. The fourth-order valence-corrected chi connectivity index (χ4v) is 7.92. The van der Waals surface area contributed by atoms with Crippen LogP contribution in [0.15, 0.2) is 48.5 Å². The van der Waals surface area contributed by atoms with E-state index in [0.29, 0.717) is 23.9 Å². The average Bonchev–Trinajstić information content (AvgIpc) is 2.97. The van der Waals surface area contributed by atoms with Crippen molar-refractivity contribution in [3.8, 4) is 0 Å². The van der Waals surface area contributed by atoms with Crippen LogP contribution in [-0.4, -0.2) is 43.3 Å². The van der Waals surface area contributed by atoms with E-state index in [4.69, 9.17) is 0 Å². The molecule has 4 nitrogen and oxygen atoms in total. The molecule has 0 spiro atoms. The first-order valence-corrected chi connectivity index (χ1v) is 14.5. The average molecular weight is 497 g/mol. The lowest BCUT2D eigenvalue weighted by molar-refractivity contribution is -0.118. The molecule has 0 N–H and O–H groups in total. The van der Waals surface area contributed by atoms with Gasteiger partial charge in [-0.15, -0.1) is 0 Å². The Morgan fingerprint density at radius 1 is 0.946 bits per heavy atom. The molecule has 0 aromatic heterocycles. The predicted octanol–water partition coefficient (Wildman–Crippen LogP) is 6.43. The topological polar surface area (TPSA) is 40.6 Å². The van der Waals surface area contributed by atoms with E-state index in [-0.39, 0.29) is 5.91 Å². The van der Waals surface area contributed by atoms with Crippen LogP contribution in [0.25, 0.3) is 6.08 Å². The van der Waals surface area contributed by atoms with E-state index in [1.54, 1.807) is 5.56 Å². The number of anilines is 1. The van der Waals surface area contributed by atoms with Crippen LogP contribution in [0, 0.1) is 11.8 Å². The van der Waals surface area contributed by atoms with E-state index < -0.39 is 0 Å². The van der Waals surface area contributed by atoms with Gasteiger partial charge in [0.15, 0.2) is 0 Å². The fraction of sp³-hybridized carbons (Fsp3) is 0.515. The van der Waals surface area contributed by atoms with Gasteiger partial charge in [0.2, 0.25) is 5.91 Å². The van der Waals surface area contributed by atoms with Gasteiger partial charge in [0.05, 0.1) is 0 Å². The van der Waals surface area contributed by atoms with Crippen molar-refractivity contribution in [1.29, 1.82) is 0 Å². The summed E-state index contributed by atoms with van der Waals surface area (Å²) in [6.07, 6.45) is 17.0. The molecule has 4 heterocycles. The minimum Gasteiger partial charge on any atom is -0.312 e. The summed E-state index contributed by atoms with van der Waals surface area (Å²) in [4.78, 5) is 28.5. The molecule has 1 amide bonds. The molecule has 7 rings (SSSR count). The number of fused-ring (bicyclic) bond motifs is 4. The first-order chi connectivity index (χ1) is 18.2. The number of carbonyl (C=O) groups is 2. The number of benzene rings is 2. The quantitative estimate of drug-likeness (QED) is 0.415. The number of nitrogens with zero attached hydrogens (tertiary/aromatic N) is 2. The monoisotopic (exact) mass is 496 g/mol. The zero-order chi connectivity index (χ0) is 25.2. The highest BCUT2D eigenvalue weighted by Crippen LogP contribution is 2.52. The standard InChI is InChI=1S/C33H40N2O2/c36-24-26-10-12-31-28(21-26)11-13-32(37)35(31)18-5-2-7-25-8-6-9-29(22-25)33(16-3-1-4-17-33)30-23-34-19-14-27(30)15-20-34/h2,6-10,12,21-22,24,27,30H,1,3-5,11,13-20,23H2/t30-/m1/s1. The van der Waals surface area contributed by atoms with Gasteiger partial charge < -0.3 is 9.80 Å². The van der Waals surface area contributed by atoms with Crippen LogP contribution in [0.2, 0.25) is 0 Å². The van der Waals surface area contributed by atoms with Gasteiger partial charge in [0.1, 0.15) is 6.29 Å². The Labute approximate surface area is 221 Å². The van der Waals surface area contributed by atoms with Gasteiger partial charge in [0, 0.05) is 30.8 Å². The van der Waals surface area contributed by atoms with Crippen LogP contribution in [0.5, 0.6) is 0 Å². The molecule has 194 valence electrons. The maximum Gasteiger partial charge on any atom is 0.227 e. The van der Waals surface area contributed by atoms with Crippen molar-refractivity contribution in [3.63, 3.8) is 0 Å². The molecule has 4 aliphatic heterocycles. The Balaban J connectivity index is 1.17. The van der Waals surface area contributed by atoms with Crippen molar-refractivity contribution < 1.29 is 9.59 Å². The number of carbonyl (C=O) groups excluding carboxylic acids is 2. The van der Waals surface area contributed by atoms with Gasteiger partial charge in [-0.25, -0.2) is 0 Å². The number of hydrogen-bond acceptors (Lipinski definition) is 3. The lowest BCUT2D eigenvalue weighted by atomic mass is 9.56. The molecule has 2 aromatic rings. The van der Waals surface area contributed by atoms with Gasteiger partial charge >= 0.3 is 0 Å². The zero-order valence-electron chi connectivity index (χ0n) is 22.0. The lowest BCUT2D eigenvalue weighted by Gasteiger charge is -2.55. The van der Waals surface area contributed by atoms with Crippen LogP contribution >= 0.6 is 0 Å². The molecule has 0 unspecified atom stereocenters. The van der Waals surface area contributed by atoms with Gasteiger partial charge in [-0.05, 0) is 104 Å². The van der Waals surface area contributed by atoms with E-state index >= 15 is 0 Å². The fourth-order valence-electron chi connectivity index (χ4n) is 7.92. The van der Waals surface area contributed by atoms with Crippen LogP contribution in [0.3, 0.4) is 0 Å². The lowest BCUT2D eigenvalue weighted by Crippen LogP contribution is -2.55. The van der Waals surface area contributed by atoms with E-state index in [9.17, 15) is 9.59 Å². The Bertz CT molecular complexity index is 1170. The highest BCUT2D eigenvalue weighted by atomic mass is 16.2. The molecule has 2 bridgehead atoms. The predicted molar refractivity (Wildman–Crippen MR) is 150 cm³/mol. The maximum absolute atomic E-state index is 12.7. The number of aldehydes is 1. The van der Waals surface area contributed by atoms with Crippen LogP contribution in [0.4, 0.5) is 5.69 Å². The molecule has 2 aromatic carbocycles. The molecular weight excluding hydrogens is 456 g/mol. The Morgan fingerprint density at radius 3 is 2.54 bits per heavy atom. The van der Waals surface area contributed by atoms with Crippen LogP contribution < -0.4 is 4.90 Å². The molecule has 4 heteroatoms. The van der Waals surface area contributed by atoms with E-state index in [2.05, 4.69) is 41.3 Å².